The summed E-state index contributed by atoms with van der Waals surface area (Å²) in [6, 6.07) is 31.8. The summed E-state index contributed by atoms with van der Waals surface area (Å²) in [5.41, 5.74) is 10.3. The zero-order valence-electron chi connectivity index (χ0n) is 38.7. The van der Waals surface area contributed by atoms with Gasteiger partial charge in [0.2, 0.25) is 0 Å². The van der Waals surface area contributed by atoms with Crippen LogP contribution in [-0.4, -0.2) is 29.3 Å². The van der Waals surface area contributed by atoms with Crippen molar-refractivity contribution in [3.63, 3.8) is 0 Å². The number of nitriles is 1. The number of hydrogen-bond acceptors (Lipinski definition) is 5. The number of benzene rings is 4. The molecule has 0 spiro atoms. The Morgan fingerprint density at radius 1 is 0.531 bits per heavy atom. The molecule has 0 bridgehead atoms. The minimum Gasteiger partial charge on any atom is -0.477 e. The lowest BCUT2D eigenvalue weighted by atomic mass is 10.0. The second-order valence-corrected chi connectivity index (χ2v) is 18.0. The minimum atomic E-state index is -1.23. The van der Waals surface area contributed by atoms with Crippen LogP contribution in [0.5, 0.6) is 0 Å². The van der Waals surface area contributed by atoms with E-state index in [4.69, 9.17) is 24.4 Å². The SMILES string of the molecule is CCCCCCn1c(=S)n(CCCCCC)c2cc(N(c3ccc(-c4ccc(/C=C(\C#N)C(=O)O)cc4)cc3)c3ccc4c(c3)n(CCCCCC)c(=S)n4CCCCCC)ccc21. The molecule has 0 atom stereocenters. The van der Waals surface area contributed by atoms with Gasteiger partial charge < -0.3 is 28.3 Å². The summed E-state index contributed by atoms with van der Waals surface area (Å²) in [4.78, 5) is 13.8. The number of aryl methyl sites for hydroxylation is 4. The molecular weight excluding hydrogens is 829 g/mol. The first-order valence-corrected chi connectivity index (χ1v) is 24.9. The Hall–Kier alpha value is -5.24. The van der Waals surface area contributed by atoms with Gasteiger partial charge in [-0.1, -0.05) is 141 Å². The molecular formula is C54H68N6O2S2. The molecule has 2 heterocycles. The molecule has 0 fully saturated rings. The molecule has 0 amide bonds. The highest BCUT2D eigenvalue weighted by Crippen LogP contribution is 2.39. The van der Waals surface area contributed by atoms with E-state index in [1.807, 2.05) is 24.3 Å². The molecule has 0 radical (unpaired) electrons. The van der Waals surface area contributed by atoms with Gasteiger partial charge in [0.15, 0.2) is 9.54 Å². The zero-order chi connectivity index (χ0) is 45.4. The number of anilines is 3. The van der Waals surface area contributed by atoms with Crippen LogP contribution in [0.15, 0.2) is 90.5 Å². The van der Waals surface area contributed by atoms with Gasteiger partial charge in [-0.2, -0.15) is 5.26 Å². The number of aliphatic carboxylic acids is 1. The number of aromatic nitrogens is 4. The van der Waals surface area contributed by atoms with Crippen LogP contribution in [-0.2, 0) is 31.0 Å². The van der Waals surface area contributed by atoms with Crippen molar-refractivity contribution in [1.29, 1.82) is 5.26 Å². The maximum atomic E-state index is 11.4. The Labute approximate surface area is 391 Å². The summed E-state index contributed by atoms with van der Waals surface area (Å²) < 4.78 is 11.3. The van der Waals surface area contributed by atoms with Gasteiger partial charge in [0.25, 0.3) is 0 Å². The predicted molar refractivity (Wildman–Crippen MR) is 273 cm³/mol. The van der Waals surface area contributed by atoms with Crippen molar-refractivity contribution >= 4 is 75.6 Å². The van der Waals surface area contributed by atoms with Gasteiger partial charge >= 0.3 is 5.97 Å². The Morgan fingerprint density at radius 2 is 0.891 bits per heavy atom. The minimum absolute atomic E-state index is 0.294. The van der Waals surface area contributed by atoms with Gasteiger partial charge in [-0.25, -0.2) is 4.79 Å². The number of unbranched alkanes of at least 4 members (excludes halogenated alkanes) is 12. The highest BCUT2D eigenvalue weighted by molar-refractivity contribution is 7.71. The summed E-state index contributed by atoms with van der Waals surface area (Å²) in [6.07, 6.45) is 20.3. The molecule has 338 valence electrons. The summed E-state index contributed by atoms with van der Waals surface area (Å²) in [6.45, 7) is 12.7. The van der Waals surface area contributed by atoms with Crippen molar-refractivity contribution in [1.82, 2.24) is 18.3 Å². The van der Waals surface area contributed by atoms with Gasteiger partial charge in [0.1, 0.15) is 11.6 Å². The predicted octanol–water partition coefficient (Wildman–Crippen LogP) is 16.1. The molecule has 6 rings (SSSR count). The molecule has 0 aliphatic carbocycles. The van der Waals surface area contributed by atoms with Crippen LogP contribution in [0.2, 0.25) is 0 Å². The number of imidazole rings is 2. The molecule has 64 heavy (non-hydrogen) atoms. The van der Waals surface area contributed by atoms with Crippen LogP contribution in [0.3, 0.4) is 0 Å². The fraction of sp³-hybridized carbons (Fsp3) is 0.444. The molecule has 0 aliphatic heterocycles. The van der Waals surface area contributed by atoms with Gasteiger partial charge in [0, 0.05) is 43.2 Å². The number of carbonyl (C=O) groups is 1. The van der Waals surface area contributed by atoms with Crippen LogP contribution < -0.4 is 4.90 Å². The monoisotopic (exact) mass is 896 g/mol. The van der Waals surface area contributed by atoms with Crippen molar-refractivity contribution in [2.24, 2.45) is 0 Å². The lowest BCUT2D eigenvalue weighted by Gasteiger charge is -2.26. The van der Waals surface area contributed by atoms with Crippen molar-refractivity contribution in [2.45, 2.75) is 157 Å². The fourth-order valence-corrected chi connectivity index (χ4v) is 9.63. The normalized spacial score (nSPS) is 11.8. The van der Waals surface area contributed by atoms with E-state index in [0.717, 1.165) is 89.6 Å². The largest absolute Gasteiger partial charge is 0.477 e. The van der Waals surface area contributed by atoms with Crippen molar-refractivity contribution in [3.05, 3.63) is 106 Å². The standard InChI is InChI=1S/C54H68N6O2S2/c1-5-9-13-17-33-56-48-31-29-46(38-50(48)58(53(56)63)35-19-15-11-7-3)60(45-27-25-43(26-28-45)42-23-21-41(22-24-42)37-44(40-55)52(61)62)47-30-32-49-51(39-47)59(36-20-16-12-8-4)54(64)57(49)34-18-14-10-6-2/h21-32,37-39H,5-20,33-36H2,1-4H3,(H,61,62)/b44-37+. The van der Waals surface area contributed by atoms with E-state index in [-0.39, 0.29) is 5.57 Å². The van der Waals surface area contributed by atoms with Crippen molar-refractivity contribution < 1.29 is 9.90 Å². The lowest BCUT2D eigenvalue weighted by Crippen LogP contribution is -2.10. The number of fused-ring (bicyclic) bond motifs is 2. The maximum Gasteiger partial charge on any atom is 0.346 e. The molecule has 1 N–H and O–H groups in total. The second-order valence-electron chi connectivity index (χ2n) is 17.2. The molecule has 10 heteroatoms. The first kappa shape index (κ1) is 48.2. The third kappa shape index (κ3) is 11.7. The number of hydrogen-bond donors (Lipinski definition) is 1. The van der Waals surface area contributed by atoms with Gasteiger partial charge in [-0.15, -0.1) is 0 Å². The van der Waals surface area contributed by atoms with E-state index < -0.39 is 5.97 Å². The van der Waals surface area contributed by atoms with E-state index in [1.54, 1.807) is 6.07 Å². The Kier molecular flexibility index (Phi) is 18.2. The lowest BCUT2D eigenvalue weighted by molar-refractivity contribution is -0.132. The molecule has 0 aliphatic rings. The molecule has 2 aromatic heterocycles. The van der Waals surface area contributed by atoms with E-state index >= 15 is 0 Å². The van der Waals surface area contributed by atoms with Crippen molar-refractivity contribution in [3.8, 4) is 17.2 Å². The van der Waals surface area contributed by atoms with Crippen molar-refractivity contribution in [2.75, 3.05) is 4.90 Å². The molecule has 0 saturated heterocycles. The van der Waals surface area contributed by atoms with Gasteiger partial charge in [-0.3, -0.25) is 0 Å². The molecule has 4 aromatic carbocycles. The summed E-state index contributed by atoms with van der Waals surface area (Å²) in [5, 5.41) is 18.6. The van der Waals surface area contributed by atoms with Crippen LogP contribution in [0, 0.1) is 20.9 Å². The molecule has 0 saturated carbocycles. The van der Waals surface area contributed by atoms with E-state index in [2.05, 4.69) is 112 Å². The first-order chi connectivity index (χ1) is 31.2. The fourth-order valence-electron chi connectivity index (χ4n) is 8.88. The molecule has 8 nitrogen and oxygen atoms in total. The summed E-state index contributed by atoms with van der Waals surface area (Å²) in [5.74, 6) is -1.23. The third-order valence-corrected chi connectivity index (χ3v) is 13.4. The Balaban J connectivity index is 1.48. The third-order valence-electron chi connectivity index (χ3n) is 12.5. The molecule has 6 aromatic rings. The topological polar surface area (TPSA) is 84.1 Å². The Morgan fingerprint density at radius 3 is 1.25 bits per heavy atom. The van der Waals surface area contributed by atoms with E-state index in [9.17, 15) is 15.2 Å². The Bertz CT molecular complexity index is 2540. The van der Waals surface area contributed by atoms with Crippen LogP contribution in [0.1, 0.15) is 136 Å². The van der Waals surface area contributed by atoms with E-state index in [1.165, 1.54) is 105 Å². The van der Waals surface area contributed by atoms with Crippen LogP contribution >= 0.6 is 24.4 Å². The van der Waals surface area contributed by atoms with Gasteiger partial charge in [0.05, 0.1) is 22.1 Å². The molecule has 0 unspecified atom stereocenters. The average molecular weight is 897 g/mol. The van der Waals surface area contributed by atoms with E-state index in [0.29, 0.717) is 5.56 Å². The van der Waals surface area contributed by atoms with Crippen LogP contribution in [0.4, 0.5) is 17.1 Å². The summed E-state index contributed by atoms with van der Waals surface area (Å²) >= 11 is 12.6. The number of carboxylic acids is 1. The highest BCUT2D eigenvalue weighted by atomic mass is 32.1. The number of rotatable bonds is 26. The second kappa shape index (κ2) is 24.2. The summed E-state index contributed by atoms with van der Waals surface area (Å²) in [7, 11) is 0. The maximum absolute atomic E-state index is 11.4. The quantitative estimate of drug-likeness (QED) is 0.0253. The number of carboxylic acid groups (broad SMARTS) is 1. The first-order valence-electron chi connectivity index (χ1n) is 24.1. The zero-order valence-corrected chi connectivity index (χ0v) is 40.3. The van der Waals surface area contributed by atoms with Gasteiger partial charge in [-0.05, 0) is 121 Å². The van der Waals surface area contributed by atoms with Crippen LogP contribution in [0.25, 0.3) is 39.3 Å². The highest BCUT2D eigenvalue weighted by Gasteiger charge is 2.20. The smallest absolute Gasteiger partial charge is 0.346 e. The number of nitrogens with zero attached hydrogens (tertiary/aromatic N) is 6. The average Bonchev–Trinajstić information content (AvgIpc) is 3.72.